The fraction of sp³-hybridized carbons (Fsp3) is 0. The predicted molar refractivity (Wildman–Crippen MR) is 108 cm³/mol. The number of rotatable bonds is 4. The maximum absolute atomic E-state index is 12.2. The summed E-state index contributed by atoms with van der Waals surface area (Å²) in [5.74, 6) is -0.377. The van der Waals surface area contributed by atoms with Crippen LogP contribution >= 0.6 is 11.6 Å². The Kier molecular flexibility index (Phi) is 4.68. The van der Waals surface area contributed by atoms with E-state index in [9.17, 15) is 4.79 Å². The van der Waals surface area contributed by atoms with Crippen LogP contribution in [0.5, 0.6) is 0 Å². The van der Waals surface area contributed by atoms with Gasteiger partial charge in [-0.05, 0) is 29.0 Å². The van der Waals surface area contributed by atoms with Gasteiger partial charge < -0.3 is 0 Å². The topological polar surface area (TPSA) is 70.1 Å². The summed E-state index contributed by atoms with van der Waals surface area (Å²) in [5, 5.41) is 13.8. The first kappa shape index (κ1) is 17.0. The summed E-state index contributed by atoms with van der Waals surface area (Å²) < 4.78 is 0. The van der Waals surface area contributed by atoms with Crippen molar-refractivity contribution in [3.05, 3.63) is 89.1 Å². The van der Waals surface area contributed by atoms with E-state index >= 15 is 0 Å². The van der Waals surface area contributed by atoms with E-state index in [-0.39, 0.29) is 5.91 Å². The molecule has 0 aliphatic heterocycles. The van der Waals surface area contributed by atoms with Crippen LogP contribution in [-0.4, -0.2) is 22.3 Å². The average molecular weight is 375 g/mol. The minimum Gasteiger partial charge on any atom is -0.272 e. The molecule has 132 valence electrons. The molecule has 5 nitrogen and oxygen atoms in total. The number of aromatic amines is 1. The zero-order valence-electron chi connectivity index (χ0n) is 14.2. The Bertz CT molecular complexity index is 1150. The third-order valence-electron chi connectivity index (χ3n) is 4.14. The van der Waals surface area contributed by atoms with Crippen LogP contribution < -0.4 is 5.43 Å². The fourth-order valence-corrected chi connectivity index (χ4v) is 2.92. The number of hydrogen-bond donors (Lipinski definition) is 2. The van der Waals surface area contributed by atoms with Crippen LogP contribution in [0.4, 0.5) is 0 Å². The molecule has 3 aromatic carbocycles. The summed E-state index contributed by atoms with van der Waals surface area (Å²) >= 11 is 6.05. The lowest BCUT2D eigenvalue weighted by Crippen LogP contribution is -2.18. The first-order valence-electron chi connectivity index (χ1n) is 8.33. The van der Waals surface area contributed by atoms with E-state index in [0.717, 1.165) is 21.9 Å². The lowest BCUT2D eigenvalue weighted by Gasteiger charge is -2.00. The van der Waals surface area contributed by atoms with Gasteiger partial charge in [-0.3, -0.25) is 9.89 Å². The average Bonchev–Trinajstić information content (AvgIpc) is 3.19. The number of H-pyrrole nitrogens is 1. The van der Waals surface area contributed by atoms with Gasteiger partial charge in [0.25, 0.3) is 5.91 Å². The molecule has 1 aromatic heterocycles. The van der Waals surface area contributed by atoms with Crippen molar-refractivity contribution in [1.29, 1.82) is 0 Å². The first-order chi connectivity index (χ1) is 13.2. The van der Waals surface area contributed by atoms with Gasteiger partial charge in [0.2, 0.25) is 0 Å². The predicted octanol–water partition coefficient (Wildman–Crippen LogP) is 4.65. The van der Waals surface area contributed by atoms with Crippen molar-refractivity contribution in [3.63, 3.8) is 0 Å². The van der Waals surface area contributed by atoms with Crippen molar-refractivity contribution in [2.45, 2.75) is 0 Å². The number of fused-ring (bicyclic) bond motifs is 1. The van der Waals surface area contributed by atoms with Crippen molar-refractivity contribution in [3.8, 4) is 11.3 Å². The number of hydrogen-bond acceptors (Lipinski definition) is 3. The molecule has 2 N–H and O–H groups in total. The van der Waals surface area contributed by atoms with E-state index in [1.807, 2.05) is 54.6 Å². The van der Waals surface area contributed by atoms with Crippen LogP contribution in [0.3, 0.4) is 0 Å². The highest BCUT2D eigenvalue weighted by molar-refractivity contribution is 6.33. The Hall–Kier alpha value is -3.44. The van der Waals surface area contributed by atoms with Gasteiger partial charge in [0.05, 0.1) is 11.9 Å². The number of nitrogens with zero attached hydrogens (tertiary/aromatic N) is 2. The molecule has 1 heterocycles. The second-order valence-corrected chi connectivity index (χ2v) is 6.36. The summed E-state index contributed by atoms with van der Waals surface area (Å²) in [6.07, 6.45) is 1.50. The smallest absolute Gasteiger partial charge is 0.272 e. The number of halogens is 1. The van der Waals surface area contributed by atoms with E-state index < -0.39 is 0 Å². The number of benzene rings is 3. The molecule has 0 fully saturated rings. The number of nitrogens with one attached hydrogen (secondary N) is 2. The lowest BCUT2D eigenvalue weighted by molar-refractivity contribution is 0.0950. The molecule has 0 bridgehead atoms. The molecule has 0 saturated heterocycles. The number of amides is 1. The molecule has 0 atom stereocenters. The van der Waals surface area contributed by atoms with Crippen LogP contribution in [0.2, 0.25) is 5.02 Å². The Morgan fingerprint density at radius 3 is 2.63 bits per heavy atom. The third-order valence-corrected chi connectivity index (χ3v) is 4.49. The van der Waals surface area contributed by atoms with Gasteiger partial charge in [-0.2, -0.15) is 10.2 Å². The highest BCUT2D eigenvalue weighted by Gasteiger charge is 2.10. The molecule has 0 aliphatic rings. The minimum atomic E-state index is -0.377. The Morgan fingerprint density at radius 2 is 1.78 bits per heavy atom. The van der Waals surface area contributed by atoms with Gasteiger partial charge in [-0.25, -0.2) is 5.43 Å². The second-order valence-electron chi connectivity index (χ2n) is 5.95. The zero-order chi connectivity index (χ0) is 18.6. The van der Waals surface area contributed by atoms with Crippen LogP contribution in [0.1, 0.15) is 16.1 Å². The van der Waals surface area contributed by atoms with Gasteiger partial charge >= 0.3 is 0 Å². The van der Waals surface area contributed by atoms with Gasteiger partial charge in [0, 0.05) is 16.1 Å². The number of aromatic nitrogens is 2. The summed E-state index contributed by atoms with van der Waals surface area (Å²) in [5.41, 5.74) is 5.15. The Labute approximate surface area is 160 Å². The van der Waals surface area contributed by atoms with E-state index in [0.29, 0.717) is 16.4 Å². The van der Waals surface area contributed by atoms with Crippen LogP contribution in [0.15, 0.2) is 77.9 Å². The van der Waals surface area contributed by atoms with E-state index in [1.54, 1.807) is 12.1 Å². The molecule has 6 heteroatoms. The molecule has 4 aromatic rings. The largest absolute Gasteiger partial charge is 0.289 e. The van der Waals surface area contributed by atoms with E-state index in [2.05, 4.69) is 26.8 Å². The van der Waals surface area contributed by atoms with Crippen LogP contribution in [0.25, 0.3) is 22.0 Å². The molecule has 0 radical (unpaired) electrons. The van der Waals surface area contributed by atoms with Gasteiger partial charge in [0.15, 0.2) is 0 Å². The SMILES string of the molecule is O=C(N/N=C\c1ccccc1Cl)c1cc(-c2ccc3ccccc3c2)n[nH]1. The highest BCUT2D eigenvalue weighted by Crippen LogP contribution is 2.23. The van der Waals surface area contributed by atoms with Crippen molar-refractivity contribution >= 4 is 34.5 Å². The second kappa shape index (κ2) is 7.43. The molecule has 0 spiro atoms. The number of hydrazone groups is 1. The van der Waals surface area contributed by atoms with Crippen LogP contribution in [-0.2, 0) is 0 Å². The van der Waals surface area contributed by atoms with Crippen molar-refractivity contribution in [2.24, 2.45) is 5.10 Å². The molecule has 0 saturated carbocycles. The minimum absolute atomic E-state index is 0.328. The molecular weight excluding hydrogens is 360 g/mol. The molecule has 0 unspecified atom stereocenters. The zero-order valence-corrected chi connectivity index (χ0v) is 14.9. The monoisotopic (exact) mass is 374 g/mol. The molecule has 27 heavy (non-hydrogen) atoms. The van der Waals surface area contributed by atoms with E-state index in [4.69, 9.17) is 11.6 Å². The van der Waals surface area contributed by atoms with Gasteiger partial charge in [-0.15, -0.1) is 0 Å². The summed E-state index contributed by atoms with van der Waals surface area (Å²) in [7, 11) is 0. The molecule has 0 aliphatic carbocycles. The quantitative estimate of drug-likeness (QED) is 0.403. The summed E-state index contributed by atoms with van der Waals surface area (Å²) in [4.78, 5) is 12.2. The van der Waals surface area contributed by atoms with Crippen molar-refractivity contribution < 1.29 is 4.79 Å². The standard InChI is InChI=1S/C21H15ClN4O/c22-18-8-4-3-7-17(18)13-23-26-21(27)20-12-19(24-25-20)16-10-9-14-5-1-2-6-15(14)11-16/h1-13H,(H,24,25)(H,26,27)/b23-13-. The maximum atomic E-state index is 12.2. The number of carbonyl (C=O) groups excluding carboxylic acids is 1. The first-order valence-corrected chi connectivity index (χ1v) is 8.71. The Morgan fingerprint density at radius 1 is 1.00 bits per heavy atom. The molecule has 1 amide bonds. The van der Waals surface area contributed by atoms with Crippen molar-refractivity contribution in [2.75, 3.05) is 0 Å². The maximum Gasteiger partial charge on any atom is 0.289 e. The van der Waals surface area contributed by atoms with Gasteiger partial charge in [-0.1, -0.05) is 66.2 Å². The summed E-state index contributed by atoms with van der Waals surface area (Å²) in [6, 6.07) is 23.1. The summed E-state index contributed by atoms with van der Waals surface area (Å²) in [6.45, 7) is 0. The molecule has 4 rings (SSSR count). The van der Waals surface area contributed by atoms with Crippen molar-refractivity contribution in [1.82, 2.24) is 15.6 Å². The van der Waals surface area contributed by atoms with Crippen LogP contribution in [0, 0.1) is 0 Å². The molecular formula is C21H15ClN4O. The lowest BCUT2D eigenvalue weighted by atomic mass is 10.1. The fourth-order valence-electron chi connectivity index (χ4n) is 2.74. The van der Waals surface area contributed by atoms with E-state index in [1.165, 1.54) is 6.21 Å². The highest BCUT2D eigenvalue weighted by atomic mass is 35.5. The number of carbonyl (C=O) groups is 1. The normalized spacial score (nSPS) is 11.1. The third kappa shape index (κ3) is 3.73. The van der Waals surface area contributed by atoms with Gasteiger partial charge in [0.1, 0.15) is 5.69 Å². The Balaban J connectivity index is 1.49.